The number of amides is 1. The van der Waals surface area contributed by atoms with Crippen molar-refractivity contribution in [3.63, 3.8) is 0 Å². The summed E-state index contributed by atoms with van der Waals surface area (Å²) in [7, 11) is 0. The maximum absolute atomic E-state index is 11.9. The maximum atomic E-state index is 11.9. The van der Waals surface area contributed by atoms with Gasteiger partial charge in [-0.3, -0.25) is 19.2 Å². The first-order chi connectivity index (χ1) is 10.9. The van der Waals surface area contributed by atoms with Gasteiger partial charge in [0.25, 0.3) is 0 Å². The van der Waals surface area contributed by atoms with Gasteiger partial charge in [0.15, 0.2) is 5.92 Å². The lowest BCUT2D eigenvalue weighted by Gasteiger charge is -2.33. The molecule has 1 aliphatic heterocycles. The summed E-state index contributed by atoms with van der Waals surface area (Å²) in [4.78, 5) is 47.8. The number of likely N-dealkylation sites (tertiary alicyclic amines) is 1. The smallest absolute Gasteiger partial charge is 0.320 e. The van der Waals surface area contributed by atoms with Crippen molar-refractivity contribution in [2.24, 2.45) is 11.8 Å². The van der Waals surface area contributed by atoms with E-state index in [-0.39, 0.29) is 31.5 Å². The number of esters is 2. The first-order valence-electron chi connectivity index (χ1n) is 7.73. The third-order valence-electron chi connectivity index (χ3n) is 3.77. The summed E-state index contributed by atoms with van der Waals surface area (Å²) in [5, 5.41) is 9.23. The lowest BCUT2D eigenvalue weighted by molar-refractivity contribution is -0.162. The molecular formula is C15H23NO7. The van der Waals surface area contributed by atoms with Crippen molar-refractivity contribution in [1.29, 1.82) is 0 Å². The predicted octanol–water partition coefficient (Wildman–Crippen LogP) is 0.442. The van der Waals surface area contributed by atoms with E-state index in [2.05, 4.69) is 0 Å². The molecule has 23 heavy (non-hydrogen) atoms. The van der Waals surface area contributed by atoms with Gasteiger partial charge in [0.1, 0.15) is 6.42 Å². The minimum atomic E-state index is -1.21. The lowest BCUT2D eigenvalue weighted by atomic mass is 9.84. The van der Waals surface area contributed by atoms with Crippen molar-refractivity contribution in [3.8, 4) is 0 Å². The van der Waals surface area contributed by atoms with Gasteiger partial charge in [0.2, 0.25) is 5.91 Å². The Morgan fingerprint density at radius 2 is 1.65 bits per heavy atom. The molecule has 8 nitrogen and oxygen atoms in total. The van der Waals surface area contributed by atoms with Gasteiger partial charge in [-0.15, -0.1) is 0 Å². The van der Waals surface area contributed by atoms with Gasteiger partial charge in [-0.1, -0.05) is 0 Å². The average molecular weight is 329 g/mol. The number of nitrogens with zero attached hydrogens (tertiary/aromatic N) is 1. The molecule has 1 unspecified atom stereocenters. The number of piperidine rings is 1. The Balaban J connectivity index is 2.56. The molecule has 1 amide bonds. The number of carboxylic acids is 1. The van der Waals surface area contributed by atoms with Crippen LogP contribution in [0.3, 0.4) is 0 Å². The molecule has 0 aliphatic carbocycles. The van der Waals surface area contributed by atoms with Crippen LogP contribution >= 0.6 is 0 Å². The molecule has 0 saturated carbocycles. The van der Waals surface area contributed by atoms with Gasteiger partial charge in [0, 0.05) is 13.1 Å². The number of aliphatic carboxylic acids is 1. The molecule has 1 saturated heterocycles. The minimum Gasteiger partial charge on any atom is -0.481 e. The Kier molecular flexibility index (Phi) is 7.50. The summed E-state index contributed by atoms with van der Waals surface area (Å²) in [5.74, 6) is -4.45. The molecule has 0 radical (unpaired) electrons. The highest BCUT2D eigenvalue weighted by atomic mass is 16.5. The van der Waals surface area contributed by atoms with Crippen molar-refractivity contribution in [2.75, 3.05) is 26.3 Å². The highest BCUT2D eigenvalue weighted by Gasteiger charge is 2.38. The monoisotopic (exact) mass is 329 g/mol. The maximum Gasteiger partial charge on any atom is 0.320 e. The summed E-state index contributed by atoms with van der Waals surface area (Å²) >= 11 is 0. The third-order valence-corrected chi connectivity index (χ3v) is 3.77. The molecular weight excluding hydrogens is 306 g/mol. The van der Waals surface area contributed by atoms with Crippen LogP contribution in [0.2, 0.25) is 0 Å². The molecule has 1 N–H and O–H groups in total. The fraction of sp³-hybridized carbons (Fsp3) is 0.733. The van der Waals surface area contributed by atoms with Gasteiger partial charge in [-0.05, 0) is 32.6 Å². The number of hydrogen-bond donors (Lipinski definition) is 1. The molecule has 130 valence electrons. The van der Waals surface area contributed by atoms with E-state index in [1.165, 1.54) is 4.90 Å². The Morgan fingerprint density at radius 1 is 1.09 bits per heavy atom. The zero-order valence-corrected chi connectivity index (χ0v) is 13.4. The fourth-order valence-electron chi connectivity index (χ4n) is 2.66. The third kappa shape index (κ3) is 5.54. The molecule has 1 atom stereocenters. The second-order valence-corrected chi connectivity index (χ2v) is 5.27. The van der Waals surface area contributed by atoms with Crippen molar-refractivity contribution in [3.05, 3.63) is 0 Å². The molecule has 8 heteroatoms. The molecule has 1 fully saturated rings. The van der Waals surface area contributed by atoms with Gasteiger partial charge in [-0.2, -0.15) is 0 Å². The molecule has 0 aromatic rings. The quantitative estimate of drug-likeness (QED) is 0.533. The minimum absolute atomic E-state index is 0.124. The van der Waals surface area contributed by atoms with Crippen LogP contribution in [0.5, 0.6) is 0 Å². The Bertz CT molecular complexity index is 455. The van der Waals surface area contributed by atoms with E-state index in [0.29, 0.717) is 25.9 Å². The van der Waals surface area contributed by atoms with Crippen LogP contribution < -0.4 is 0 Å². The van der Waals surface area contributed by atoms with Crippen LogP contribution in [0.25, 0.3) is 0 Å². The summed E-state index contributed by atoms with van der Waals surface area (Å²) in [6.45, 7) is 4.24. The topological polar surface area (TPSA) is 110 Å². The first kappa shape index (κ1) is 18.9. The van der Waals surface area contributed by atoms with Crippen LogP contribution in [-0.4, -0.2) is 60.1 Å². The zero-order valence-electron chi connectivity index (χ0n) is 13.4. The van der Waals surface area contributed by atoms with Gasteiger partial charge in [-0.25, -0.2) is 0 Å². The van der Waals surface area contributed by atoms with E-state index in [1.807, 2.05) is 0 Å². The number of rotatable bonds is 7. The fourth-order valence-corrected chi connectivity index (χ4v) is 2.66. The number of hydrogen-bond acceptors (Lipinski definition) is 6. The van der Waals surface area contributed by atoms with Crippen LogP contribution in [-0.2, 0) is 28.7 Å². The zero-order chi connectivity index (χ0) is 17.4. The Hall–Kier alpha value is -2.12. The van der Waals surface area contributed by atoms with Crippen LogP contribution in [0.15, 0.2) is 0 Å². The van der Waals surface area contributed by atoms with E-state index in [9.17, 15) is 24.3 Å². The van der Waals surface area contributed by atoms with Crippen LogP contribution in [0.4, 0.5) is 0 Å². The second kappa shape index (κ2) is 9.12. The highest BCUT2D eigenvalue weighted by molar-refractivity contribution is 5.95. The standard InChI is InChI=1S/C15H23NO7/c1-3-22-12(18)9-11(17)16-7-5-10(6-8-16)13(14(19)20)15(21)23-4-2/h10,13H,3-9H2,1-2H3,(H,19,20). The Morgan fingerprint density at radius 3 is 2.13 bits per heavy atom. The van der Waals surface area contributed by atoms with Crippen LogP contribution in [0, 0.1) is 11.8 Å². The predicted molar refractivity (Wildman–Crippen MR) is 78.3 cm³/mol. The van der Waals surface area contributed by atoms with E-state index in [4.69, 9.17) is 9.47 Å². The SMILES string of the molecule is CCOC(=O)CC(=O)N1CCC(C(C(=O)O)C(=O)OCC)CC1. The first-order valence-corrected chi connectivity index (χ1v) is 7.73. The summed E-state index contributed by atoms with van der Waals surface area (Å²) < 4.78 is 9.54. The van der Waals surface area contributed by atoms with Crippen molar-refractivity contribution < 1.29 is 33.8 Å². The van der Waals surface area contributed by atoms with E-state index >= 15 is 0 Å². The van der Waals surface area contributed by atoms with Crippen molar-refractivity contribution in [2.45, 2.75) is 33.1 Å². The number of ether oxygens (including phenoxy) is 2. The van der Waals surface area contributed by atoms with Crippen LogP contribution in [0.1, 0.15) is 33.1 Å². The molecule has 0 spiro atoms. The van der Waals surface area contributed by atoms with Gasteiger partial charge < -0.3 is 19.5 Å². The molecule has 0 aromatic heterocycles. The summed E-state index contributed by atoms with van der Waals surface area (Å²) in [6, 6.07) is 0. The summed E-state index contributed by atoms with van der Waals surface area (Å²) in [6.07, 6.45) is 0.438. The molecule has 1 rings (SSSR count). The largest absolute Gasteiger partial charge is 0.481 e. The average Bonchev–Trinajstić information content (AvgIpc) is 2.48. The highest BCUT2D eigenvalue weighted by Crippen LogP contribution is 2.27. The number of carbonyl (C=O) groups excluding carboxylic acids is 3. The Labute approximate surface area is 134 Å². The summed E-state index contributed by atoms with van der Waals surface area (Å²) in [5.41, 5.74) is 0. The molecule has 1 aliphatic rings. The van der Waals surface area contributed by atoms with Gasteiger partial charge >= 0.3 is 17.9 Å². The van der Waals surface area contributed by atoms with Crippen molar-refractivity contribution >= 4 is 23.8 Å². The number of carbonyl (C=O) groups is 4. The normalized spacial score (nSPS) is 16.5. The molecule has 0 bridgehead atoms. The lowest BCUT2D eigenvalue weighted by Crippen LogP contribution is -2.44. The van der Waals surface area contributed by atoms with Crippen molar-refractivity contribution in [1.82, 2.24) is 4.90 Å². The van der Waals surface area contributed by atoms with E-state index in [0.717, 1.165) is 0 Å². The second-order valence-electron chi connectivity index (χ2n) is 5.27. The van der Waals surface area contributed by atoms with Gasteiger partial charge in [0.05, 0.1) is 13.2 Å². The van der Waals surface area contributed by atoms with E-state index in [1.54, 1.807) is 13.8 Å². The number of carboxylic acid groups (broad SMARTS) is 1. The molecule has 0 aromatic carbocycles. The molecule has 1 heterocycles. The van der Waals surface area contributed by atoms with E-state index < -0.39 is 23.8 Å².